The van der Waals surface area contributed by atoms with E-state index in [-0.39, 0.29) is 11.6 Å². The number of hydrogen-bond donors (Lipinski definition) is 1. The van der Waals surface area contributed by atoms with Crippen molar-refractivity contribution in [2.24, 2.45) is 0 Å². The number of alkyl halides is 3. The topological polar surface area (TPSA) is 45.2 Å². The Morgan fingerprint density at radius 1 is 1.00 bits per heavy atom. The van der Waals surface area contributed by atoms with Gasteiger partial charge in [-0.1, -0.05) is 18.2 Å². The number of halogens is 3. The highest BCUT2D eigenvalue weighted by Crippen LogP contribution is 2.31. The van der Waals surface area contributed by atoms with Gasteiger partial charge in [0.25, 0.3) is 5.91 Å². The lowest BCUT2D eigenvalue weighted by Gasteiger charge is -2.14. The zero-order chi connectivity index (χ0) is 20.3. The SMILES string of the molecule is CN(C)c1cccc(NC(=O)c2ccc(-c3cc(C(F)(F)F)ccn3)cc2)c1. The molecule has 2 aromatic carbocycles. The number of hydrogen-bond acceptors (Lipinski definition) is 3. The Hall–Kier alpha value is -3.35. The van der Waals surface area contributed by atoms with Crippen molar-refractivity contribution >= 4 is 17.3 Å². The summed E-state index contributed by atoms with van der Waals surface area (Å²) in [6.45, 7) is 0. The van der Waals surface area contributed by atoms with Crippen LogP contribution in [0.4, 0.5) is 24.5 Å². The molecule has 28 heavy (non-hydrogen) atoms. The van der Waals surface area contributed by atoms with Gasteiger partial charge in [0.2, 0.25) is 0 Å². The minimum absolute atomic E-state index is 0.195. The molecule has 0 aliphatic heterocycles. The molecule has 0 saturated heterocycles. The average molecular weight is 385 g/mol. The fraction of sp³-hybridized carbons (Fsp3) is 0.143. The van der Waals surface area contributed by atoms with E-state index in [0.717, 1.165) is 24.0 Å². The molecule has 1 aromatic heterocycles. The van der Waals surface area contributed by atoms with Crippen molar-refractivity contribution < 1.29 is 18.0 Å². The average Bonchev–Trinajstić information content (AvgIpc) is 2.68. The van der Waals surface area contributed by atoms with Crippen LogP contribution in [0.15, 0.2) is 66.9 Å². The van der Waals surface area contributed by atoms with Gasteiger partial charge >= 0.3 is 6.18 Å². The molecule has 3 rings (SSSR count). The number of amides is 1. The molecule has 0 fully saturated rings. The first-order chi connectivity index (χ1) is 13.2. The third kappa shape index (κ3) is 4.49. The lowest BCUT2D eigenvalue weighted by atomic mass is 10.1. The van der Waals surface area contributed by atoms with E-state index in [9.17, 15) is 18.0 Å². The van der Waals surface area contributed by atoms with E-state index in [4.69, 9.17) is 0 Å². The number of anilines is 2. The molecule has 1 amide bonds. The Bertz CT molecular complexity index is 983. The molecular weight excluding hydrogens is 367 g/mol. The third-order valence-corrected chi connectivity index (χ3v) is 4.15. The maximum absolute atomic E-state index is 12.9. The monoisotopic (exact) mass is 385 g/mol. The summed E-state index contributed by atoms with van der Waals surface area (Å²) in [6, 6.07) is 15.6. The molecule has 1 heterocycles. The van der Waals surface area contributed by atoms with Gasteiger partial charge in [0, 0.05) is 42.8 Å². The summed E-state index contributed by atoms with van der Waals surface area (Å²) in [7, 11) is 3.81. The van der Waals surface area contributed by atoms with E-state index in [1.165, 1.54) is 0 Å². The van der Waals surface area contributed by atoms with Crippen LogP contribution in [0.3, 0.4) is 0 Å². The van der Waals surface area contributed by atoms with E-state index >= 15 is 0 Å². The molecule has 0 aliphatic rings. The second kappa shape index (κ2) is 7.72. The predicted molar refractivity (Wildman–Crippen MR) is 103 cm³/mol. The molecule has 144 valence electrons. The minimum Gasteiger partial charge on any atom is -0.378 e. The normalized spacial score (nSPS) is 11.2. The molecule has 0 unspecified atom stereocenters. The molecule has 0 spiro atoms. The van der Waals surface area contributed by atoms with Gasteiger partial charge in [-0.2, -0.15) is 13.2 Å². The Kier molecular flexibility index (Phi) is 5.35. The lowest BCUT2D eigenvalue weighted by Crippen LogP contribution is -2.13. The third-order valence-electron chi connectivity index (χ3n) is 4.15. The smallest absolute Gasteiger partial charge is 0.378 e. The number of rotatable bonds is 4. The quantitative estimate of drug-likeness (QED) is 0.681. The number of carbonyl (C=O) groups is 1. The second-order valence-electron chi connectivity index (χ2n) is 6.40. The van der Waals surface area contributed by atoms with Crippen LogP contribution in [-0.4, -0.2) is 25.0 Å². The van der Waals surface area contributed by atoms with Crippen LogP contribution in [0.25, 0.3) is 11.3 Å². The van der Waals surface area contributed by atoms with E-state index in [1.54, 1.807) is 30.3 Å². The van der Waals surface area contributed by atoms with Crippen LogP contribution < -0.4 is 10.2 Å². The van der Waals surface area contributed by atoms with Gasteiger partial charge in [0.15, 0.2) is 0 Å². The number of nitrogens with zero attached hydrogens (tertiary/aromatic N) is 2. The highest BCUT2D eigenvalue weighted by molar-refractivity contribution is 6.04. The van der Waals surface area contributed by atoms with Crippen molar-refractivity contribution in [1.82, 2.24) is 4.98 Å². The van der Waals surface area contributed by atoms with E-state index < -0.39 is 11.7 Å². The molecule has 4 nitrogen and oxygen atoms in total. The van der Waals surface area contributed by atoms with Crippen molar-refractivity contribution in [3.05, 3.63) is 78.0 Å². The van der Waals surface area contributed by atoms with Crippen molar-refractivity contribution in [2.45, 2.75) is 6.18 Å². The first kappa shape index (κ1) is 19.4. The number of nitrogens with one attached hydrogen (secondary N) is 1. The number of pyridine rings is 1. The molecular formula is C21H18F3N3O. The van der Waals surface area contributed by atoms with Gasteiger partial charge in [-0.15, -0.1) is 0 Å². The largest absolute Gasteiger partial charge is 0.416 e. The summed E-state index contributed by atoms with van der Waals surface area (Å²) in [5.41, 5.74) is 1.92. The van der Waals surface area contributed by atoms with Crippen molar-refractivity contribution in [1.29, 1.82) is 0 Å². The maximum atomic E-state index is 12.9. The highest BCUT2D eigenvalue weighted by atomic mass is 19.4. The van der Waals surface area contributed by atoms with E-state index in [0.29, 0.717) is 16.8 Å². The summed E-state index contributed by atoms with van der Waals surface area (Å²) < 4.78 is 38.6. The van der Waals surface area contributed by atoms with Crippen LogP contribution in [-0.2, 0) is 6.18 Å². The summed E-state index contributed by atoms with van der Waals surface area (Å²) in [4.78, 5) is 18.3. The standard InChI is InChI=1S/C21H18F3N3O/c1-27(2)18-5-3-4-17(13-18)26-20(28)15-8-6-14(7-9-15)19-12-16(10-11-25-19)21(22,23)24/h3-13H,1-2H3,(H,26,28). The maximum Gasteiger partial charge on any atom is 0.416 e. The fourth-order valence-corrected chi connectivity index (χ4v) is 2.62. The van der Waals surface area contributed by atoms with Crippen molar-refractivity contribution in [2.75, 3.05) is 24.3 Å². The van der Waals surface area contributed by atoms with Gasteiger partial charge < -0.3 is 10.2 Å². The van der Waals surface area contributed by atoms with Crippen LogP contribution in [0.2, 0.25) is 0 Å². The molecule has 0 aliphatic carbocycles. The molecule has 1 N–H and O–H groups in total. The number of benzene rings is 2. The summed E-state index contributed by atoms with van der Waals surface area (Å²) >= 11 is 0. The zero-order valence-corrected chi connectivity index (χ0v) is 15.3. The zero-order valence-electron chi connectivity index (χ0n) is 15.3. The molecule has 0 saturated carbocycles. The van der Waals surface area contributed by atoms with Crippen LogP contribution in [0.5, 0.6) is 0 Å². The molecule has 0 atom stereocenters. The van der Waals surface area contributed by atoms with Crippen LogP contribution >= 0.6 is 0 Å². The Morgan fingerprint density at radius 2 is 1.71 bits per heavy atom. The highest BCUT2D eigenvalue weighted by Gasteiger charge is 2.30. The predicted octanol–water partition coefficient (Wildman–Crippen LogP) is 5.09. The van der Waals surface area contributed by atoms with Gasteiger partial charge in [0.05, 0.1) is 11.3 Å². The van der Waals surface area contributed by atoms with Crippen molar-refractivity contribution in [3.63, 3.8) is 0 Å². The summed E-state index contributed by atoms with van der Waals surface area (Å²) in [5.74, 6) is -0.306. The van der Waals surface area contributed by atoms with E-state index in [1.807, 2.05) is 37.2 Å². The Labute approximate surface area is 160 Å². The number of carbonyl (C=O) groups excluding carboxylic acids is 1. The second-order valence-corrected chi connectivity index (χ2v) is 6.40. The van der Waals surface area contributed by atoms with Gasteiger partial charge in [-0.05, 0) is 42.5 Å². The Morgan fingerprint density at radius 3 is 2.36 bits per heavy atom. The first-order valence-electron chi connectivity index (χ1n) is 8.46. The fourth-order valence-electron chi connectivity index (χ4n) is 2.62. The van der Waals surface area contributed by atoms with Gasteiger partial charge in [-0.25, -0.2) is 0 Å². The molecule has 3 aromatic rings. The molecule has 0 bridgehead atoms. The van der Waals surface area contributed by atoms with E-state index in [2.05, 4.69) is 10.3 Å². The van der Waals surface area contributed by atoms with Gasteiger partial charge in [-0.3, -0.25) is 9.78 Å². The number of aromatic nitrogens is 1. The van der Waals surface area contributed by atoms with Crippen LogP contribution in [0.1, 0.15) is 15.9 Å². The minimum atomic E-state index is -4.43. The summed E-state index contributed by atoms with van der Waals surface area (Å²) in [6.07, 6.45) is -3.31. The van der Waals surface area contributed by atoms with Crippen LogP contribution in [0, 0.1) is 0 Å². The summed E-state index contributed by atoms with van der Waals surface area (Å²) in [5, 5.41) is 2.81. The van der Waals surface area contributed by atoms with Crippen molar-refractivity contribution in [3.8, 4) is 11.3 Å². The molecule has 0 radical (unpaired) electrons. The van der Waals surface area contributed by atoms with Gasteiger partial charge in [0.1, 0.15) is 0 Å². The Balaban J connectivity index is 1.77. The first-order valence-corrected chi connectivity index (χ1v) is 8.46. The molecule has 7 heteroatoms. The lowest BCUT2D eigenvalue weighted by molar-refractivity contribution is -0.137.